The van der Waals surface area contributed by atoms with Gasteiger partial charge in [0, 0.05) is 11.6 Å². The van der Waals surface area contributed by atoms with Gasteiger partial charge in [0.25, 0.3) is 0 Å². The Morgan fingerprint density at radius 2 is 1.71 bits per heavy atom. The van der Waals surface area contributed by atoms with Crippen LogP contribution in [0.25, 0.3) is 0 Å². The monoisotopic (exact) mass is 294 g/mol. The third kappa shape index (κ3) is 4.22. The zero-order chi connectivity index (χ0) is 15.3. The fourth-order valence-corrected chi connectivity index (χ4v) is 4.76. The first-order chi connectivity index (χ1) is 10.1. The molecule has 124 valence electrons. The maximum Gasteiger partial charge on any atom is 0.0356 e. The average molecular weight is 295 g/mol. The molecule has 2 rings (SSSR count). The van der Waals surface area contributed by atoms with E-state index in [2.05, 4.69) is 38.2 Å². The molecular formula is C19H38N2. The van der Waals surface area contributed by atoms with E-state index < -0.39 is 0 Å². The molecule has 0 aromatic rings. The SMILES string of the molecule is CCCNC(CC1CCCC1)C1(N(C)C)CCC(C)CC1. The fourth-order valence-electron chi connectivity index (χ4n) is 4.76. The minimum Gasteiger partial charge on any atom is -0.312 e. The average Bonchev–Trinajstić information content (AvgIpc) is 2.97. The Morgan fingerprint density at radius 3 is 2.24 bits per heavy atom. The van der Waals surface area contributed by atoms with Crippen molar-refractivity contribution < 1.29 is 0 Å². The lowest BCUT2D eigenvalue weighted by Crippen LogP contribution is -2.61. The van der Waals surface area contributed by atoms with Gasteiger partial charge in [0.2, 0.25) is 0 Å². The van der Waals surface area contributed by atoms with Gasteiger partial charge in [-0.05, 0) is 71.0 Å². The maximum absolute atomic E-state index is 3.96. The highest BCUT2D eigenvalue weighted by Gasteiger charge is 2.43. The molecule has 0 aromatic heterocycles. The number of likely N-dealkylation sites (N-methyl/N-ethyl adjacent to an activating group) is 1. The third-order valence-corrected chi connectivity index (χ3v) is 6.36. The molecule has 0 heterocycles. The summed E-state index contributed by atoms with van der Waals surface area (Å²) in [5.74, 6) is 1.91. The van der Waals surface area contributed by atoms with Gasteiger partial charge in [0.15, 0.2) is 0 Å². The van der Waals surface area contributed by atoms with Gasteiger partial charge in [-0.3, -0.25) is 0 Å². The number of hydrogen-bond acceptors (Lipinski definition) is 2. The fraction of sp³-hybridized carbons (Fsp3) is 1.00. The molecule has 2 saturated carbocycles. The van der Waals surface area contributed by atoms with Crippen molar-refractivity contribution in [1.29, 1.82) is 0 Å². The molecule has 0 radical (unpaired) electrons. The van der Waals surface area contributed by atoms with Gasteiger partial charge >= 0.3 is 0 Å². The van der Waals surface area contributed by atoms with E-state index in [1.165, 1.54) is 70.8 Å². The van der Waals surface area contributed by atoms with Gasteiger partial charge in [0.05, 0.1) is 0 Å². The highest BCUT2D eigenvalue weighted by Crippen LogP contribution is 2.41. The Kier molecular flexibility index (Phi) is 6.55. The Hall–Kier alpha value is -0.0800. The van der Waals surface area contributed by atoms with Crippen molar-refractivity contribution in [2.24, 2.45) is 11.8 Å². The second kappa shape index (κ2) is 7.97. The summed E-state index contributed by atoms with van der Waals surface area (Å²) < 4.78 is 0. The molecule has 0 saturated heterocycles. The molecule has 0 aromatic carbocycles. The Balaban J connectivity index is 2.09. The summed E-state index contributed by atoms with van der Waals surface area (Å²) in [6.07, 6.45) is 14.1. The highest BCUT2D eigenvalue weighted by atomic mass is 15.2. The lowest BCUT2D eigenvalue weighted by Gasteiger charge is -2.50. The quantitative estimate of drug-likeness (QED) is 0.746. The lowest BCUT2D eigenvalue weighted by atomic mass is 9.70. The molecule has 0 spiro atoms. The van der Waals surface area contributed by atoms with Crippen LogP contribution in [0.4, 0.5) is 0 Å². The molecule has 1 unspecified atom stereocenters. The van der Waals surface area contributed by atoms with Crippen molar-refractivity contribution in [2.45, 2.75) is 89.6 Å². The van der Waals surface area contributed by atoms with E-state index >= 15 is 0 Å². The van der Waals surface area contributed by atoms with Gasteiger partial charge < -0.3 is 10.2 Å². The topological polar surface area (TPSA) is 15.3 Å². The van der Waals surface area contributed by atoms with Crippen LogP contribution < -0.4 is 5.32 Å². The second-order valence-corrected chi connectivity index (χ2v) is 8.07. The molecule has 1 N–H and O–H groups in total. The minimum absolute atomic E-state index is 0.407. The van der Waals surface area contributed by atoms with Crippen molar-refractivity contribution in [3.05, 3.63) is 0 Å². The van der Waals surface area contributed by atoms with E-state index in [-0.39, 0.29) is 0 Å². The normalized spacial score (nSPS) is 32.7. The van der Waals surface area contributed by atoms with Gasteiger partial charge in [-0.1, -0.05) is 39.5 Å². The molecule has 0 aliphatic heterocycles. The van der Waals surface area contributed by atoms with Crippen LogP contribution >= 0.6 is 0 Å². The molecule has 0 amide bonds. The number of hydrogen-bond donors (Lipinski definition) is 1. The minimum atomic E-state index is 0.407. The molecule has 21 heavy (non-hydrogen) atoms. The zero-order valence-electron chi connectivity index (χ0n) is 15.0. The van der Waals surface area contributed by atoms with Crippen LogP contribution in [0.1, 0.15) is 78.1 Å². The van der Waals surface area contributed by atoms with E-state index in [4.69, 9.17) is 0 Å². The van der Waals surface area contributed by atoms with Gasteiger partial charge in [-0.2, -0.15) is 0 Å². The van der Waals surface area contributed by atoms with Crippen molar-refractivity contribution in [3.63, 3.8) is 0 Å². The van der Waals surface area contributed by atoms with Gasteiger partial charge in [-0.25, -0.2) is 0 Å². The van der Waals surface area contributed by atoms with Crippen LogP contribution in [0.3, 0.4) is 0 Å². The zero-order valence-corrected chi connectivity index (χ0v) is 15.0. The Morgan fingerprint density at radius 1 is 1.10 bits per heavy atom. The smallest absolute Gasteiger partial charge is 0.0356 e. The molecule has 2 nitrogen and oxygen atoms in total. The van der Waals surface area contributed by atoms with Gasteiger partial charge in [-0.15, -0.1) is 0 Å². The maximum atomic E-state index is 3.96. The van der Waals surface area contributed by atoms with Crippen LogP contribution in [0.5, 0.6) is 0 Å². The summed E-state index contributed by atoms with van der Waals surface area (Å²) in [4.78, 5) is 2.57. The first-order valence-corrected chi connectivity index (χ1v) is 9.49. The Bertz CT molecular complexity index is 286. The molecule has 2 aliphatic carbocycles. The lowest BCUT2D eigenvalue weighted by molar-refractivity contribution is 0.0346. The van der Waals surface area contributed by atoms with Crippen LogP contribution in [0.15, 0.2) is 0 Å². The second-order valence-electron chi connectivity index (χ2n) is 8.07. The van der Waals surface area contributed by atoms with E-state index in [9.17, 15) is 0 Å². The van der Waals surface area contributed by atoms with E-state index in [1.54, 1.807) is 0 Å². The summed E-state index contributed by atoms with van der Waals surface area (Å²) in [5, 5.41) is 3.96. The van der Waals surface area contributed by atoms with Gasteiger partial charge in [0.1, 0.15) is 0 Å². The van der Waals surface area contributed by atoms with Crippen molar-refractivity contribution in [1.82, 2.24) is 10.2 Å². The number of nitrogens with one attached hydrogen (secondary N) is 1. The summed E-state index contributed by atoms with van der Waals surface area (Å²) in [6.45, 7) is 5.92. The van der Waals surface area contributed by atoms with Crippen LogP contribution in [0, 0.1) is 11.8 Å². The predicted molar refractivity (Wildman–Crippen MR) is 92.7 cm³/mol. The summed E-state index contributed by atoms with van der Waals surface area (Å²) >= 11 is 0. The third-order valence-electron chi connectivity index (χ3n) is 6.36. The van der Waals surface area contributed by atoms with Crippen molar-refractivity contribution in [3.8, 4) is 0 Å². The summed E-state index contributed by atoms with van der Waals surface area (Å²) in [5.41, 5.74) is 0.407. The van der Waals surface area contributed by atoms with E-state index in [0.717, 1.165) is 11.8 Å². The first kappa shape index (κ1) is 17.3. The highest BCUT2D eigenvalue weighted by molar-refractivity contribution is 5.02. The number of nitrogens with zero attached hydrogens (tertiary/aromatic N) is 1. The number of rotatable bonds is 7. The largest absolute Gasteiger partial charge is 0.312 e. The van der Waals surface area contributed by atoms with E-state index in [1.807, 2.05) is 0 Å². The molecule has 1 atom stereocenters. The molecule has 2 aliphatic rings. The molecule has 0 bridgehead atoms. The predicted octanol–water partition coefficient (Wildman–Crippen LogP) is 4.45. The van der Waals surface area contributed by atoms with Crippen LogP contribution in [-0.2, 0) is 0 Å². The first-order valence-electron chi connectivity index (χ1n) is 9.49. The molecule has 2 fully saturated rings. The van der Waals surface area contributed by atoms with E-state index in [0.29, 0.717) is 11.6 Å². The summed E-state index contributed by atoms with van der Waals surface area (Å²) in [6, 6.07) is 0.697. The van der Waals surface area contributed by atoms with Crippen LogP contribution in [-0.4, -0.2) is 37.1 Å². The molecule has 2 heteroatoms. The van der Waals surface area contributed by atoms with Crippen LogP contribution in [0.2, 0.25) is 0 Å². The molecular weight excluding hydrogens is 256 g/mol. The van der Waals surface area contributed by atoms with Crippen molar-refractivity contribution in [2.75, 3.05) is 20.6 Å². The Labute approximate surface area is 133 Å². The standard InChI is InChI=1S/C19H38N2/c1-5-14-20-18(15-17-8-6-7-9-17)19(21(3)4)12-10-16(2)11-13-19/h16-18,20H,5-15H2,1-4H3. The summed E-state index contributed by atoms with van der Waals surface area (Å²) in [7, 11) is 4.65. The van der Waals surface area contributed by atoms with Crippen molar-refractivity contribution >= 4 is 0 Å².